The third kappa shape index (κ3) is 8.91. The summed E-state index contributed by atoms with van der Waals surface area (Å²) in [4.78, 5) is 113. The molecule has 18 heteroatoms. The minimum Gasteiger partial charge on any atom is -0.507 e. The van der Waals surface area contributed by atoms with Gasteiger partial charge in [0, 0.05) is 51.2 Å². The van der Waals surface area contributed by atoms with Gasteiger partial charge in [-0.15, -0.1) is 0 Å². The van der Waals surface area contributed by atoms with Gasteiger partial charge in [-0.25, -0.2) is 0 Å². The van der Waals surface area contributed by atoms with Gasteiger partial charge in [0.05, 0.1) is 16.7 Å². The van der Waals surface area contributed by atoms with Crippen LogP contribution in [0.1, 0.15) is 67.1 Å². The van der Waals surface area contributed by atoms with Crippen molar-refractivity contribution in [3.05, 3.63) is 70.4 Å². The Kier molecular flexibility index (Phi) is 11.8. The maximum absolute atomic E-state index is 13.1. The Morgan fingerprint density at radius 1 is 1.02 bits per heavy atom. The van der Waals surface area contributed by atoms with E-state index in [1.165, 1.54) is 42.3 Å². The predicted octanol–water partition coefficient (Wildman–Crippen LogP) is -1.53. The van der Waals surface area contributed by atoms with Gasteiger partial charge >= 0.3 is 0 Å². The van der Waals surface area contributed by atoms with Gasteiger partial charge in [-0.3, -0.25) is 53.4 Å². The zero-order valence-corrected chi connectivity index (χ0v) is 27.4. The Labute approximate surface area is 290 Å². The van der Waals surface area contributed by atoms with E-state index >= 15 is 0 Å². The summed E-state index contributed by atoms with van der Waals surface area (Å²) >= 11 is 0. The summed E-state index contributed by atoms with van der Waals surface area (Å²) in [6, 6.07) is 6.69. The van der Waals surface area contributed by atoms with Gasteiger partial charge in [0.2, 0.25) is 17.7 Å². The molecule has 0 aromatic heterocycles. The number of carbonyl (C=O) groups is 9. The molecule has 4 rings (SSSR count). The molecule has 268 valence electrons. The lowest BCUT2D eigenvalue weighted by molar-refractivity contribution is -0.136. The number of carbonyl (C=O) groups excluding carboxylic acids is 9. The van der Waals surface area contributed by atoms with Crippen molar-refractivity contribution in [3.8, 4) is 11.5 Å². The number of likely N-dealkylation sites (N-methyl/N-ethyl adjacent to an activating group) is 1. The van der Waals surface area contributed by atoms with Crippen molar-refractivity contribution in [2.24, 2.45) is 11.5 Å². The third-order valence-corrected chi connectivity index (χ3v) is 7.89. The maximum atomic E-state index is 13.1. The van der Waals surface area contributed by atoms with Gasteiger partial charge < -0.3 is 36.8 Å². The van der Waals surface area contributed by atoms with Gasteiger partial charge in [0.1, 0.15) is 23.2 Å². The number of primary amides is 1. The Hall–Kier alpha value is -6.59. The highest BCUT2D eigenvalue weighted by Crippen LogP contribution is 2.33. The molecular formula is C33H35N7O11. The summed E-state index contributed by atoms with van der Waals surface area (Å²) < 4.78 is 5.53. The minimum absolute atomic E-state index is 0.00638. The number of ketones is 1. The zero-order valence-electron chi connectivity index (χ0n) is 27.4. The molecule has 18 nitrogen and oxygen atoms in total. The number of phenols is 1. The fraction of sp³-hybridized carbons (Fsp3) is 0.303. The number of phenolic OH excluding ortho intramolecular Hbond substituents is 1. The van der Waals surface area contributed by atoms with Crippen molar-refractivity contribution in [1.82, 2.24) is 25.8 Å². The van der Waals surface area contributed by atoms with Crippen molar-refractivity contribution in [1.29, 1.82) is 0 Å². The van der Waals surface area contributed by atoms with Crippen molar-refractivity contribution in [2.45, 2.75) is 31.7 Å². The first kappa shape index (κ1) is 37.2. The highest BCUT2D eigenvalue weighted by atomic mass is 16.5. The molecule has 51 heavy (non-hydrogen) atoms. The van der Waals surface area contributed by atoms with E-state index in [0.29, 0.717) is 0 Å². The lowest BCUT2D eigenvalue weighted by atomic mass is 10.0. The van der Waals surface area contributed by atoms with Gasteiger partial charge in [-0.1, -0.05) is 6.07 Å². The van der Waals surface area contributed by atoms with Crippen LogP contribution in [0.15, 0.2) is 48.2 Å². The Bertz CT molecular complexity index is 1860. The van der Waals surface area contributed by atoms with Crippen LogP contribution in [-0.4, -0.2) is 107 Å². The summed E-state index contributed by atoms with van der Waals surface area (Å²) in [6.45, 7) is -0.221. The Balaban J connectivity index is 1.16. The predicted molar refractivity (Wildman–Crippen MR) is 175 cm³/mol. The SMILES string of the molecule is CN(CCNC(=O)CCCNC(=O)COc1cccc2c1C(=O)N(C1CCC(=O)NC1=O)C2=O)C(=O)c1ccc(C(=O)C=C(N)C(N)=O)cc1O. The molecule has 2 aliphatic heterocycles. The smallest absolute Gasteiger partial charge is 0.266 e. The van der Waals surface area contributed by atoms with E-state index in [1.807, 2.05) is 0 Å². The number of hydrogen-bond donors (Lipinski definition) is 6. The quantitative estimate of drug-likeness (QED) is 0.0533. The van der Waals surface area contributed by atoms with Crippen LogP contribution in [0.2, 0.25) is 0 Å². The fourth-order valence-electron chi connectivity index (χ4n) is 5.20. The van der Waals surface area contributed by atoms with Crippen LogP contribution in [0.4, 0.5) is 0 Å². The molecule has 1 unspecified atom stereocenters. The number of nitrogens with one attached hydrogen (secondary N) is 3. The molecule has 8 amide bonds. The molecule has 2 aromatic rings. The number of allylic oxidation sites excluding steroid dienone is 1. The average Bonchev–Trinajstić information content (AvgIpc) is 3.34. The standard InChI is InChI=1S/C33H35N7O11/c1-39(31(48)18-8-7-17(14-23(18)42)22(41)15-20(34)29(35)46)13-12-37-25(43)6-3-11-36-27(45)16-51-24-5-2-4-19-28(24)33(50)40(32(19)49)21-9-10-26(44)38-30(21)47/h2,4-5,7-8,14-15,21,42H,3,6,9-13,16,34H2,1H3,(H2,35,46)(H,36,45)(H,37,43)(H,38,44,47). The van der Waals surface area contributed by atoms with Crippen molar-refractivity contribution in [2.75, 3.05) is 33.3 Å². The monoisotopic (exact) mass is 705 g/mol. The fourth-order valence-corrected chi connectivity index (χ4v) is 5.20. The normalized spacial score (nSPS) is 15.5. The van der Waals surface area contributed by atoms with Gasteiger partial charge in [0.15, 0.2) is 12.4 Å². The first-order chi connectivity index (χ1) is 24.2. The molecule has 0 spiro atoms. The second-order valence-corrected chi connectivity index (χ2v) is 11.5. The molecule has 2 aromatic carbocycles. The molecule has 0 radical (unpaired) electrons. The number of nitrogens with two attached hydrogens (primary N) is 2. The van der Waals surface area contributed by atoms with Crippen molar-refractivity contribution >= 4 is 53.0 Å². The Morgan fingerprint density at radius 3 is 2.43 bits per heavy atom. The summed E-state index contributed by atoms with van der Waals surface area (Å²) in [5, 5.41) is 17.6. The second kappa shape index (κ2) is 16.2. The van der Waals surface area contributed by atoms with E-state index in [-0.39, 0.29) is 79.2 Å². The number of hydrogen-bond acceptors (Lipinski definition) is 12. The Morgan fingerprint density at radius 2 is 1.75 bits per heavy atom. The minimum atomic E-state index is -1.15. The topological polar surface area (TPSA) is 278 Å². The van der Waals surface area contributed by atoms with E-state index in [9.17, 15) is 48.3 Å². The number of fused-ring (bicyclic) bond motifs is 1. The summed E-state index contributed by atoms with van der Waals surface area (Å²) in [5.74, 6) is -6.40. The summed E-state index contributed by atoms with van der Waals surface area (Å²) in [5.41, 5.74) is 9.68. The van der Waals surface area contributed by atoms with Crippen LogP contribution in [0.5, 0.6) is 11.5 Å². The summed E-state index contributed by atoms with van der Waals surface area (Å²) in [6.07, 6.45) is 1.08. The summed E-state index contributed by atoms with van der Waals surface area (Å²) in [7, 11) is 1.45. The van der Waals surface area contributed by atoms with Crippen LogP contribution in [0.3, 0.4) is 0 Å². The van der Waals surface area contributed by atoms with E-state index in [0.717, 1.165) is 17.0 Å². The maximum Gasteiger partial charge on any atom is 0.266 e. The van der Waals surface area contributed by atoms with Crippen LogP contribution in [0.25, 0.3) is 0 Å². The number of piperidine rings is 1. The number of imide groups is 2. The molecule has 2 aliphatic rings. The molecule has 1 saturated heterocycles. The van der Waals surface area contributed by atoms with Gasteiger partial charge in [0.25, 0.3) is 29.5 Å². The molecule has 1 fully saturated rings. The molecular weight excluding hydrogens is 670 g/mol. The molecule has 0 bridgehead atoms. The second-order valence-electron chi connectivity index (χ2n) is 11.5. The number of benzene rings is 2. The largest absolute Gasteiger partial charge is 0.507 e. The van der Waals surface area contributed by atoms with Crippen LogP contribution >= 0.6 is 0 Å². The average molecular weight is 706 g/mol. The van der Waals surface area contributed by atoms with Crippen molar-refractivity contribution in [3.63, 3.8) is 0 Å². The van der Waals surface area contributed by atoms with E-state index < -0.39 is 71.2 Å². The van der Waals surface area contributed by atoms with Crippen LogP contribution in [-0.2, 0) is 24.0 Å². The first-order valence-electron chi connectivity index (χ1n) is 15.6. The number of aromatic hydroxyl groups is 1. The lowest BCUT2D eigenvalue weighted by Gasteiger charge is -2.27. The van der Waals surface area contributed by atoms with Gasteiger partial charge in [-0.2, -0.15) is 0 Å². The molecule has 8 N–H and O–H groups in total. The van der Waals surface area contributed by atoms with Crippen molar-refractivity contribution < 1.29 is 53.0 Å². The zero-order chi connectivity index (χ0) is 37.4. The number of nitrogens with zero attached hydrogens (tertiary/aromatic N) is 2. The molecule has 0 aliphatic carbocycles. The number of amides is 8. The highest BCUT2D eigenvalue weighted by Gasteiger charge is 2.46. The number of rotatable bonds is 15. The highest BCUT2D eigenvalue weighted by molar-refractivity contribution is 6.24. The first-order valence-corrected chi connectivity index (χ1v) is 15.6. The molecule has 1 atom stereocenters. The lowest BCUT2D eigenvalue weighted by Crippen LogP contribution is -2.54. The molecule has 2 heterocycles. The third-order valence-electron chi connectivity index (χ3n) is 7.89. The van der Waals surface area contributed by atoms with E-state index in [1.54, 1.807) is 0 Å². The van der Waals surface area contributed by atoms with Crippen LogP contribution in [0, 0.1) is 0 Å². The van der Waals surface area contributed by atoms with E-state index in [4.69, 9.17) is 16.2 Å². The molecule has 0 saturated carbocycles. The number of ether oxygens (including phenoxy) is 1. The van der Waals surface area contributed by atoms with Gasteiger partial charge in [-0.05, 0) is 43.2 Å². The van der Waals surface area contributed by atoms with E-state index in [2.05, 4.69) is 16.0 Å². The van der Waals surface area contributed by atoms with Crippen LogP contribution < -0.4 is 32.2 Å².